The van der Waals surface area contributed by atoms with Crippen LogP contribution in [-0.4, -0.2) is 25.8 Å². The Bertz CT molecular complexity index is 1030. The van der Waals surface area contributed by atoms with Gasteiger partial charge in [-0.3, -0.25) is 14.6 Å². The molecule has 2 aromatic carbocycles. The number of benzene rings is 2. The summed E-state index contributed by atoms with van der Waals surface area (Å²) in [6.07, 6.45) is 3.89. The predicted molar refractivity (Wildman–Crippen MR) is 96.9 cm³/mol. The summed E-state index contributed by atoms with van der Waals surface area (Å²) in [5.74, 6) is -0.0245. The second-order valence-electron chi connectivity index (χ2n) is 5.89. The van der Waals surface area contributed by atoms with Crippen LogP contribution < -0.4 is 0 Å². The summed E-state index contributed by atoms with van der Waals surface area (Å²) in [6.45, 7) is 0.636. The van der Waals surface area contributed by atoms with Gasteiger partial charge in [-0.1, -0.05) is 41.9 Å². The molecule has 0 bridgehead atoms. The van der Waals surface area contributed by atoms with Gasteiger partial charge in [0.15, 0.2) is 5.78 Å². The standard InChI is InChI=1S/C19H15ClN4O/c20-15-7-5-13(6-8-15)11-24-12-14(10-21-24)9-18(25)19-16-3-1-2-4-17(16)22-23-19/h1-8,10,12H,9,11H2,(H,22,23). The van der Waals surface area contributed by atoms with Gasteiger partial charge in [0.05, 0.1) is 18.3 Å². The third kappa shape index (κ3) is 3.32. The number of ketones is 1. The molecule has 0 spiro atoms. The summed E-state index contributed by atoms with van der Waals surface area (Å²) in [6, 6.07) is 15.3. The minimum Gasteiger partial charge on any atom is -0.292 e. The molecule has 0 fully saturated rings. The Morgan fingerprint density at radius 1 is 1.08 bits per heavy atom. The highest BCUT2D eigenvalue weighted by Gasteiger charge is 2.15. The highest BCUT2D eigenvalue weighted by atomic mass is 35.5. The summed E-state index contributed by atoms with van der Waals surface area (Å²) in [5.41, 5.74) is 3.31. The quantitative estimate of drug-likeness (QED) is 0.555. The van der Waals surface area contributed by atoms with Crippen molar-refractivity contribution in [2.24, 2.45) is 0 Å². The molecule has 0 radical (unpaired) electrons. The molecule has 0 aliphatic rings. The summed E-state index contributed by atoms with van der Waals surface area (Å²) < 4.78 is 1.81. The van der Waals surface area contributed by atoms with E-state index in [1.54, 1.807) is 6.20 Å². The second kappa shape index (κ2) is 6.53. The first-order chi connectivity index (χ1) is 12.2. The monoisotopic (exact) mass is 350 g/mol. The van der Waals surface area contributed by atoms with Crippen LogP contribution in [0.2, 0.25) is 5.02 Å². The number of hydrogen-bond acceptors (Lipinski definition) is 3. The zero-order chi connectivity index (χ0) is 17.2. The van der Waals surface area contributed by atoms with Gasteiger partial charge in [0.2, 0.25) is 0 Å². The Morgan fingerprint density at radius 2 is 1.88 bits per heavy atom. The lowest BCUT2D eigenvalue weighted by molar-refractivity contribution is 0.0989. The number of aromatic amines is 1. The highest BCUT2D eigenvalue weighted by molar-refractivity contribution is 6.30. The van der Waals surface area contributed by atoms with Crippen LogP contribution in [0.25, 0.3) is 10.9 Å². The average molecular weight is 351 g/mol. The highest BCUT2D eigenvalue weighted by Crippen LogP contribution is 2.17. The molecule has 2 aromatic heterocycles. The second-order valence-corrected chi connectivity index (χ2v) is 6.33. The van der Waals surface area contributed by atoms with Gasteiger partial charge in [-0.2, -0.15) is 10.2 Å². The number of halogens is 1. The van der Waals surface area contributed by atoms with Crippen molar-refractivity contribution < 1.29 is 4.79 Å². The number of H-pyrrole nitrogens is 1. The Balaban J connectivity index is 1.49. The smallest absolute Gasteiger partial charge is 0.188 e. The maximum atomic E-state index is 12.6. The Kier molecular flexibility index (Phi) is 4.07. The van der Waals surface area contributed by atoms with Crippen LogP contribution in [0.4, 0.5) is 0 Å². The molecule has 0 unspecified atom stereocenters. The third-order valence-corrected chi connectivity index (χ3v) is 4.30. The van der Waals surface area contributed by atoms with Crippen LogP contribution in [0, 0.1) is 0 Å². The lowest BCUT2D eigenvalue weighted by Crippen LogP contribution is -2.04. The van der Waals surface area contributed by atoms with Crippen LogP contribution in [0.1, 0.15) is 21.6 Å². The molecule has 2 heterocycles. The van der Waals surface area contributed by atoms with E-state index in [-0.39, 0.29) is 12.2 Å². The van der Waals surface area contributed by atoms with Gasteiger partial charge in [0, 0.05) is 23.0 Å². The molecule has 6 heteroatoms. The number of rotatable bonds is 5. The SMILES string of the molecule is O=C(Cc1cnn(Cc2ccc(Cl)cc2)c1)c1n[nH]c2ccccc12. The molecule has 25 heavy (non-hydrogen) atoms. The molecular weight excluding hydrogens is 336 g/mol. The zero-order valence-electron chi connectivity index (χ0n) is 13.3. The van der Waals surface area contributed by atoms with Gasteiger partial charge in [0.1, 0.15) is 5.69 Å². The van der Waals surface area contributed by atoms with E-state index in [0.29, 0.717) is 17.3 Å². The molecular formula is C19H15ClN4O. The van der Waals surface area contributed by atoms with E-state index in [9.17, 15) is 4.79 Å². The maximum absolute atomic E-state index is 12.6. The number of para-hydroxylation sites is 1. The first kappa shape index (κ1) is 15.6. The van der Waals surface area contributed by atoms with E-state index in [1.807, 2.05) is 59.4 Å². The number of aromatic nitrogens is 4. The average Bonchev–Trinajstić information content (AvgIpc) is 3.23. The van der Waals surface area contributed by atoms with Gasteiger partial charge in [-0.25, -0.2) is 0 Å². The summed E-state index contributed by atoms with van der Waals surface area (Å²) >= 11 is 5.90. The molecule has 0 atom stereocenters. The van der Waals surface area contributed by atoms with Crippen molar-refractivity contribution in [1.29, 1.82) is 0 Å². The van der Waals surface area contributed by atoms with E-state index in [2.05, 4.69) is 15.3 Å². The maximum Gasteiger partial charge on any atom is 0.188 e. The number of nitrogens with one attached hydrogen (secondary N) is 1. The third-order valence-electron chi connectivity index (χ3n) is 4.04. The fourth-order valence-electron chi connectivity index (χ4n) is 2.81. The molecule has 1 N–H and O–H groups in total. The first-order valence-electron chi connectivity index (χ1n) is 7.91. The Hall–Kier alpha value is -2.92. The fourth-order valence-corrected chi connectivity index (χ4v) is 2.93. The number of Topliss-reactive ketones (excluding diaryl/α,β-unsaturated/α-hetero) is 1. The lowest BCUT2D eigenvalue weighted by atomic mass is 10.1. The van der Waals surface area contributed by atoms with Gasteiger partial charge >= 0.3 is 0 Å². The van der Waals surface area contributed by atoms with E-state index < -0.39 is 0 Å². The van der Waals surface area contributed by atoms with Crippen LogP contribution in [-0.2, 0) is 13.0 Å². The molecule has 0 aliphatic carbocycles. The molecule has 4 rings (SSSR count). The van der Waals surface area contributed by atoms with E-state index in [4.69, 9.17) is 11.6 Å². The van der Waals surface area contributed by atoms with Crippen molar-refractivity contribution in [2.75, 3.05) is 0 Å². The minimum atomic E-state index is -0.0245. The van der Waals surface area contributed by atoms with Crippen molar-refractivity contribution in [3.8, 4) is 0 Å². The first-order valence-corrected chi connectivity index (χ1v) is 8.29. The van der Waals surface area contributed by atoms with Gasteiger partial charge in [0.25, 0.3) is 0 Å². The van der Waals surface area contributed by atoms with Crippen LogP contribution >= 0.6 is 11.6 Å². The van der Waals surface area contributed by atoms with Crippen LogP contribution in [0.3, 0.4) is 0 Å². The summed E-state index contributed by atoms with van der Waals surface area (Å²) in [7, 11) is 0. The van der Waals surface area contributed by atoms with Crippen LogP contribution in [0.5, 0.6) is 0 Å². The molecule has 4 aromatic rings. The van der Waals surface area contributed by atoms with Crippen molar-refractivity contribution in [2.45, 2.75) is 13.0 Å². The van der Waals surface area contributed by atoms with E-state index in [0.717, 1.165) is 22.0 Å². The largest absolute Gasteiger partial charge is 0.292 e. The lowest BCUT2D eigenvalue weighted by Gasteiger charge is -2.01. The van der Waals surface area contributed by atoms with Crippen molar-refractivity contribution >= 4 is 28.3 Å². The summed E-state index contributed by atoms with van der Waals surface area (Å²) in [5, 5.41) is 12.9. The molecule has 0 aliphatic heterocycles. The molecule has 0 saturated heterocycles. The number of carbonyl (C=O) groups is 1. The van der Waals surface area contributed by atoms with E-state index in [1.165, 1.54) is 0 Å². The van der Waals surface area contributed by atoms with Crippen molar-refractivity contribution in [3.05, 3.63) is 82.8 Å². The van der Waals surface area contributed by atoms with Gasteiger partial charge in [-0.05, 0) is 29.3 Å². The molecule has 5 nitrogen and oxygen atoms in total. The number of hydrogen-bond donors (Lipinski definition) is 1. The van der Waals surface area contributed by atoms with Crippen molar-refractivity contribution in [3.63, 3.8) is 0 Å². The molecule has 0 amide bonds. The molecule has 124 valence electrons. The zero-order valence-corrected chi connectivity index (χ0v) is 14.1. The van der Waals surface area contributed by atoms with Crippen molar-refractivity contribution in [1.82, 2.24) is 20.0 Å². The fraction of sp³-hybridized carbons (Fsp3) is 0.105. The van der Waals surface area contributed by atoms with E-state index >= 15 is 0 Å². The normalized spacial score (nSPS) is 11.1. The predicted octanol–water partition coefficient (Wildman–Crippen LogP) is 3.89. The van der Waals surface area contributed by atoms with Gasteiger partial charge in [-0.15, -0.1) is 0 Å². The minimum absolute atomic E-state index is 0.0245. The Morgan fingerprint density at radius 3 is 2.72 bits per heavy atom. The summed E-state index contributed by atoms with van der Waals surface area (Å²) in [4.78, 5) is 12.6. The Labute approximate surface area is 149 Å². The topological polar surface area (TPSA) is 63.6 Å². The van der Waals surface area contributed by atoms with Gasteiger partial charge < -0.3 is 0 Å². The number of nitrogens with zero attached hydrogens (tertiary/aromatic N) is 3. The number of carbonyl (C=O) groups excluding carboxylic acids is 1. The number of fused-ring (bicyclic) bond motifs is 1. The van der Waals surface area contributed by atoms with Crippen LogP contribution in [0.15, 0.2) is 60.9 Å². The molecule has 0 saturated carbocycles.